The molecule has 0 radical (unpaired) electrons. The van der Waals surface area contributed by atoms with Gasteiger partial charge in [0.1, 0.15) is 0 Å². The first kappa shape index (κ1) is 8.05. The predicted octanol–water partition coefficient (Wildman–Crippen LogP) is 1.98. The number of hydrogen-bond acceptors (Lipinski definition) is 1. The van der Waals surface area contributed by atoms with E-state index in [4.69, 9.17) is 5.11 Å². The third-order valence-corrected chi connectivity index (χ3v) is 1.82. The van der Waals surface area contributed by atoms with Crippen LogP contribution in [0.4, 0.5) is 0 Å². The maximum Gasteiger partial charge on any atom is 0.327 e. The van der Waals surface area contributed by atoms with E-state index in [-0.39, 0.29) is 0 Å². The van der Waals surface area contributed by atoms with Crippen LogP contribution < -0.4 is 0 Å². The summed E-state index contributed by atoms with van der Waals surface area (Å²) in [6.07, 6.45) is 10.4. The van der Waals surface area contributed by atoms with Crippen molar-refractivity contribution in [2.45, 2.75) is 19.3 Å². The third-order valence-electron chi connectivity index (χ3n) is 1.82. The van der Waals surface area contributed by atoms with E-state index in [9.17, 15) is 4.79 Å². The minimum absolute atomic E-state index is 0.441. The van der Waals surface area contributed by atoms with E-state index < -0.39 is 5.97 Å². The fourth-order valence-electron chi connectivity index (χ4n) is 1.21. The van der Waals surface area contributed by atoms with Crippen LogP contribution in [0.3, 0.4) is 0 Å². The van der Waals surface area contributed by atoms with Crippen LogP contribution in [0.15, 0.2) is 24.3 Å². The Kier molecular flexibility index (Phi) is 2.90. The normalized spacial score (nSPS) is 24.2. The second-order valence-electron chi connectivity index (χ2n) is 2.74. The predicted molar refractivity (Wildman–Crippen MR) is 43.3 cm³/mol. The molecule has 0 saturated heterocycles. The average Bonchev–Trinajstić information content (AvgIpc) is 2.03. The quantitative estimate of drug-likeness (QED) is 0.485. The van der Waals surface area contributed by atoms with Crippen LogP contribution in [0.5, 0.6) is 0 Å². The van der Waals surface area contributed by atoms with E-state index in [1.165, 1.54) is 6.08 Å². The van der Waals surface area contributed by atoms with Crippen molar-refractivity contribution < 1.29 is 9.90 Å². The number of carboxylic acids is 1. The monoisotopic (exact) mass is 152 g/mol. The minimum atomic E-state index is -0.848. The fourth-order valence-corrected chi connectivity index (χ4v) is 1.21. The molecule has 1 unspecified atom stereocenters. The smallest absolute Gasteiger partial charge is 0.327 e. The largest absolute Gasteiger partial charge is 0.478 e. The molecule has 1 aliphatic rings. The molecule has 0 bridgehead atoms. The van der Waals surface area contributed by atoms with Gasteiger partial charge in [-0.1, -0.05) is 18.2 Å². The van der Waals surface area contributed by atoms with Gasteiger partial charge in [-0.3, -0.25) is 0 Å². The number of aliphatic carboxylic acids is 1. The van der Waals surface area contributed by atoms with Crippen LogP contribution in [0.25, 0.3) is 0 Å². The third kappa shape index (κ3) is 3.03. The van der Waals surface area contributed by atoms with Gasteiger partial charge in [-0.2, -0.15) is 0 Å². The summed E-state index contributed by atoms with van der Waals surface area (Å²) >= 11 is 0. The molecule has 1 rings (SSSR count). The molecule has 0 spiro atoms. The fraction of sp³-hybridized carbons (Fsp3) is 0.444. The number of hydrogen-bond donors (Lipinski definition) is 1. The molecule has 2 nitrogen and oxygen atoms in total. The van der Waals surface area contributed by atoms with Crippen LogP contribution >= 0.6 is 0 Å². The molecule has 0 aromatic carbocycles. The summed E-state index contributed by atoms with van der Waals surface area (Å²) in [6.45, 7) is 0. The van der Waals surface area contributed by atoms with Gasteiger partial charge in [-0.15, -0.1) is 0 Å². The summed E-state index contributed by atoms with van der Waals surface area (Å²) in [4.78, 5) is 10.1. The molecule has 1 aliphatic carbocycles. The summed E-state index contributed by atoms with van der Waals surface area (Å²) in [7, 11) is 0. The number of allylic oxidation sites excluding steroid dienone is 3. The molecule has 0 fully saturated rings. The highest BCUT2D eigenvalue weighted by atomic mass is 16.4. The highest BCUT2D eigenvalue weighted by Crippen LogP contribution is 2.18. The van der Waals surface area contributed by atoms with E-state index >= 15 is 0 Å². The lowest BCUT2D eigenvalue weighted by Gasteiger charge is -2.11. The Balaban J connectivity index is 2.37. The maximum atomic E-state index is 10.1. The molecule has 0 saturated carbocycles. The second-order valence-corrected chi connectivity index (χ2v) is 2.74. The van der Waals surface area contributed by atoms with Crippen molar-refractivity contribution in [3.8, 4) is 0 Å². The molecule has 2 heteroatoms. The Hall–Kier alpha value is -1.05. The first-order chi connectivity index (χ1) is 5.29. The number of rotatable bonds is 2. The zero-order valence-corrected chi connectivity index (χ0v) is 6.36. The average molecular weight is 152 g/mol. The zero-order chi connectivity index (χ0) is 8.10. The van der Waals surface area contributed by atoms with Crippen LogP contribution in [0, 0.1) is 5.92 Å². The van der Waals surface area contributed by atoms with Crippen LogP contribution in [0.1, 0.15) is 19.3 Å². The van der Waals surface area contributed by atoms with Gasteiger partial charge in [0.15, 0.2) is 0 Å². The van der Waals surface area contributed by atoms with Gasteiger partial charge in [0.05, 0.1) is 0 Å². The first-order valence-corrected chi connectivity index (χ1v) is 3.85. The van der Waals surface area contributed by atoms with Crippen molar-refractivity contribution in [1.82, 2.24) is 0 Å². The van der Waals surface area contributed by atoms with E-state index in [2.05, 4.69) is 12.2 Å². The highest BCUT2D eigenvalue weighted by Gasteiger charge is 2.05. The van der Waals surface area contributed by atoms with Crippen LogP contribution in [0.2, 0.25) is 0 Å². The molecular weight excluding hydrogens is 140 g/mol. The molecular formula is C9H12O2. The van der Waals surface area contributed by atoms with Crippen molar-refractivity contribution in [2.75, 3.05) is 0 Å². The van der Waals surface area contributed by atoms with Gasteiger partial charge in [-0.25, -0.2) is 4.79 Å². The Morgan fingerprint density at radius 3 is 2.91 bits per heavy atom. The molecule has 0 heterocycles. The van der Waals surface area contributed by atoms with Crippen molar-refractivity contribution in [1.29, 1.82) is 0 Å². The molecule has 0 aromatic heterocycles. The van der Waals surface area contributed by atoms with E-state index in [0.29, 0.717) is 5.92 Å². The Morgan fingerprint density at radius 1 is 1.55 bits per heavy atom. The summed E-state index contributed by atoms with van der Waals surface area (Å²) < 4.78 is 0. The lowest BCUT2D eigenvalue weighted by Crippen LogP contribution is -1.99. The Bertz CT molecular complexity index is 192. The zero-order valence-electron chi connectivity index (χ0n) is 6.36. The first-order valence-electron chi connectivity index (χ1n) is 3.85. The van der Waals surface area contributed by atoms with E-state index in [1.54, 1.807) is 6.08 Å². The Labute approximate surface area is 66.2 Å². The molecule has 1 atom stereocenters. The molecule has 11 heavy (non-hydrogen) atoms. The second kappa shape index (κ2) is 3.96. The van der Waals surface area contributed by atoms with Gasteiger partial charge in [0.25, 0.3) is 0 Å². The van der Waals surface area contributed by atoms with Gasteiger partial charge < -0.3 is 5.11 Å². The summed E-state index contributed by atoms with van der Waals surface area (Å²) in [5.41, 5.74) is 0. The van der Waals surface area contributed by atoms with Gasteiger partial charge in [0.2, 0.25) is 0 Å². The SMILES string of the molecule is O=C(O)/C=C\C1CC=CCC1. The summed E-state index contributed by atoms with van der Waals surface area (Å²) in [6, 6.07) is 0. The van der Waals surface area contributed by atoms with Crippen molar-refractivity contribution in [3.63, 3.8) is 0 Å². The topological polar surface area (TPSA) is 37.3 Å². The standard InChI is InChI=1S/C9H12O2/c10-9(11)7-6-8-4-2-1-3-5-8/h1-2,6-8H,3-5H2,(H,10,11)/b7-6-. The lowest BCUT2D eigenvalue weighted by molar-refractivity contribution is -0.131. The molecule has 0 amide bonds. The van der Waals surface area contributed by atoms with Crippen molar-refractivity contribution >= 4 is 5.97 Å². The van der Waals surface area contributed by atoms with Gasteiger partial charge >= 0.3 is 5.97 Å². The van der Waals surface area contributed by atoms with Crippen LogP contribution in [-0.2, 0) is 4.79 Å². The molecule has 0 aliphatic heterocycles. The highest BCUT2D eigenvalue weighted by molar-refractivity contribution is 5.79. The number of carbonyl (C=O) groups is 1. The lowest BCUT2D eigenvalue weighted by atomic mass is 9.94. The van der Waals surface area contributed by atoms with Crippen molar-refractivity contribution in [3.05, 3.63) is 24.3 Å². The summed E-state index contributed by atoms with van der Waals surface area (Å²) in [5, 5.41) is 8.34. The summed E-state index contributed by atoms with van der Waals surface area (Å²) in [5.74, 6) is -0.407. The Morgan fingerprint density at radius 2 is 2.36 bits per heavy atom. The molecule has 0 aromatic rings. The number of carboxylic acid groups (broad SMARTS) is 1. The minimum Gasteiger partial charge on any atom is -0.478 e. The molecule has 1 N–H and O–H groups in total. The van der Waals surface area contributed by atoms with Gasteiger partial charge in [0, 0.05) is 6.08 Å². The van der Waals surface area contributed by atoms with E-state index in [1.807, 2.05) is 0 Å². The molecule has 60 valence electrons. The van der Waals surface area contributed by atoms with E-state index in [0.717, 1.165) is 19.3 Å². The maximum absolute atomic E-state index is 10.1. The van der Waals surface area contributed by atoms with Crippen molar-refractivity contribution in [2.24, 2.45) is 5.92 Å². The van der Waals surface area contributed by atoms with Gasteiger partial charge in [-0.05, 0) is 25.2 Å². The van der Waals surface area contributed by atoms with Crippen LogP contribution in [-0.4, -0.2) is 11.1 Å².